The van der Waals surface area contributed by atoms with Crippen molar-refractivity contribution in [3.05, 3.63) is 65.7 Å². The number of amides is 1. The summed E-state index contributed by atoms with van der Waals surface area (Å²) in [7, 11) is 0. The molecule has 122 valence electrons. The summed E-state index contributed by atoms with van der Waals surface area (Å²) in [6.45, 7) is 2.09. The molecule has 2 heterocycles. The Balaban J connectivity index is 1.78. The molecule has 3 rings (SSSR count). The SMILES string of the molecule is CCc1ccc(NC(=O)C(Cc2cccnc2)c2nn[nH]n2)cc1. The van der Waals surface area contributed by atoms with Gasteiger partial charge in [0.1, 0.15) is 5.92 Å². The minimum absolute atomic E-state index is 0.176. The lowest BCUT2D eigenvalue weighted by molar-refractivity contribution is -0.117. The standard InChI is InChI=1S/C17H18N6O/c1-2-12-5-7-14(8-6-12)19-17(24)15(16-20-22-23-21-16)10-13-4-3-9-18-11-13/h3-9,11,15H,2,10H2,1H3,(H,19,24)(H,20,21,22,23). The highest BCUT2D eigenvalue weighted by Crippen LogP contribution is 2.20. The number of hydrogen-bond acceptors (Lipinski definition) is 5. The third kappa shape index (κ3) is 3.81. The summed E-state index contributed by atoms with van der Waals surface area (Å²) in [5.74, 6) is -0.357. The fraction of sp³-hybridized carbons (Fsp3) is 0.235. The first kappa shape index (κ1) is 15.8. The van der Waals surface area contributed by atoms with Crippen LogP contribution in [0.4, 0.5) is 5.69 Å². The molecular formula is C17H18N6O. The van der Waals surface area contributed by atoms with Crippen molar-refractivity contribution in [3.8, 4) is 0 Å². The summed E-state index contributed by atoms with van der Waals surface area (Å²) >= 11 is 0. The van der Waals surface area contributed by atoms with E-state index in [-0.39, 0.29) is 5.91 Å². The average molecular weight is 322 g/mol. The van der Waals surface area contributed by atoms with E-state index in [4.69, 9.17) is 0 Å². The second kappa shape index (κ2) is 7.45. The van der Waals surface area contributed by atoms with E-state index < -0.39 is 5.92 Å². The monoisotopic (exact) mass is 322 g/mol. The van der Waals surface area contributed by atoms with Gasteiger partial charge in [-0.1, -0.05) is 30.3 Å². The van der Waals surface area contributed by atoms with E-state index in [0.29, 0.717) is 12.2 Å². The molecule has 0 aliphatic rings. The van der Waals surface area contributed by atoms with Crippen molar-refractivity contribution >= 4 is 11.6 Å². The molecule has 0 saturated heterocycles. The predicted octanol–water partition coefficient (Wildman–Crippen LogP) is 2.12. The van der Waals surface area contributed by atoms with Crippen molar-refractivity contribution in [3.63, 3.8) is 0 Å². The summed E-state index contributed by atoms with van der Waals surface area (Å²) < 4.78 is 0. The molecule has 0 radical (unpaired) electrons. The predicted molar refractivity (Wildman–Crippen MR) is 89.3 cm³/mol. The Kier molecular flexibility index (Phi) is 4.90. The fourth-order valence-corrected chi connectivity index (χ4v) is 2.43. The molecule has 7 nitrogen and oxygen atoms in total. The molecule has 0 bridgehead atoms. The number of tetrazole rings is 1. The van der Waals surface area contributed by atoms with Gasteiger partial charge >= 0.3 is 0 Å². The summed E-state index contributed by atoms with van der Waals surface area (Å²) in [6, 6.07) is 11.6. The number of carbonyl (C=O) groups is 1. The van der Waals surface area contributed by atoms with Crippen molar-refractivity contribution in [1.82, 2.24) is 25.6 Å². The maximum Gasteiger partial charge on any atom is 0.235 e. The Bertz CT molecular complexity index is 771. The Morgan fingerprint density at radius 1 is 1.21 bits per heavy atom. The number of benzene rings is 1. The van der Waals surface area contributed by atoms with Crippen molar-refractivity contribution in [2.75, 3.05) is 5.32 Å². The molecule has 7 heteroatoms. The van der Waals surface area contributed by atoms with Crippen LogP contribution in [0.2, 0.25) is 0 Å². The molecule has 3 aromatic rings. The largest absolute Gasteiger partial charge is 0.325 e. The Hall–Kier alpha value is -3.09. The number of anilines is 1. The topological polar surface area (TPSA) is 96.5 Å². The van der Waals surface area contributed by atoms with Crippen LogP contribution in [0, 0.1) is 0 Å². The molecule has 0 aliphatic heterocycles. The molecule has 0 spiro atoms. The highest BCUT2D eigenvalue weighted by atomic mass is 16.1. The first-order chi connectivity index (χ1) is 11.8. The molecule has 0 aliphatic carbocycles. The van der Waals surface area contributed by atoms with Gasteiger partial charge in [0, 0.05) is 18.1 Å². The van der Waals surface area contributed by atoms with Crippen LogP contribution in [-0.2, 0) is 17.6 Å². The number of aromatic amines is 1. The average Bonchev–Trinajstić information content (AvgIpc) is 3.15. The smallest absolute Gasteiger partial charge is 0.235 e. The van der Waals surface area contributed by atoms with Crippen molar-refractivity contribution < 1.29 is 4.79 Å². The molecule has 1 aromatic carbocycles. The molecule has 1 amide bonds. The van der Waals surface area contributed by atoms with E-state index in [1.165, 1.54) is 5.56 Å². The number of aromatic nitrogens is 5. The molecule has 24 heavy (non-hydrogen) atoms. The zero-order valence-electron chi connectivity index (χ0n) is 13.3. The molecule has 2 N–H and O–H groups in total. The van der Waals surface area contributed by atoms with E-state index in [1.807, 2.05) is 36.4 Å². The third-order valence-corrected chi connectivity index (χ3v) is 3.78. The maximum absolute atomic E-state index is 12.7. The number of aryl methyl sites for hydroxylation is 1. The summed E-state index contributed by atoms with van der Waals surface area (Å²) in [5.41, 5.74) is 2.90. The molecule has 1 atom stereocenters. The number of nitrogens with one attached hydrogen (secondary N) is 2. The van der Waals surface area contributed by atoms with E-state index in [9.17, 15) is 4.79 Å². The summed E-state index contributed by atoms with van der Waals surface area (Å²) in [4.78, 5) is 16.8. The fourth-order valence-electron chi connectivity index (χ4n) is 2.43. The van der Waals surface area contributed by atoms with Crippen molar-refractivity contribution in [1.29, 1.82) is 0 Å². The van der Waals surface area contributed by atoms with Gasteiger partial charge in [0.25, 0.3) is 0 Å². The number of H-pyrrole nitrogens is 1. The molecule has 1 unspecified atom stereocenters. The highest BCUT2D eigenvalue weighted by Gasteiger charge is 2.25. The van der Waals surface area contributed by atoms with Gasteiger partial charge in [-0.25, -0.2) is 0 Å². The van der Waals surface area contributed by atoms with Crippen LogP contribution in [0.5, 0.6) is 0 Å². The first-order valence-corrected chi connectivity index (χ1v) is 7.78. The van der Waals surface area contributed by atoms with Crippen LogP contribution in [0.3, 0.4) is 0 Å². The van der Waals surface area contributed by atoms with Crippen molar-refractivity contribution in [2.45, 2.75) is 25.7 Å². The van der Waals surface area contributed by atoms with E-state index in [2.05, 4.69) is 37.8 Å². The van der Waals surface area contributed by atoms with Gasteiger partial charge in [0.05, 0.1) is 0 Å². The van der Waals surface area contributed by atoms with Gasteiger partial charge in [-0.15, -0.1) is 10.2 Å². The van der Waals surface area contributed by atoms with Gasteiger partial charge < -0.3 is 5.32 Å². The minimum Gasteiger partial charge on any atom is -0.325 e. The maximum atomic E-state index is 12.7. The molecule has 0 fully saturated rings. The van der Waals surface area contributed by atoms with Crippen LogP contribution in [0.1, 0.15) is 29.8 Å². The third-order valence-electron chi connectivity index (χ3n) is 3.78. The normalized spacial score (nSPS) is 11.9. The number of carbonyl (C=O) groups excluding carboxylic acids is 1. The molecular weight excluding hydrogens is 304 g/mol. The van der Waals surface area contributed by atoms with Gasteiger partial charge in [-0.2, -0.15) is 5.21 Å². The lowest BCUT2D eigenvalue weighted by Gasteiger charge is -2.14. The van der Waals surface area contributed by atoms with E-state index in [1.54, 1.807) is 12.4 Å². The van der Waals surface area contributed by atoms with Gasteiger partial charge in [0.2, 0.25) is 5.91 Å². The number of pyridine rings is 1. The second-order valence-corrected chi connectivity index (χ2v) is 5.43. The minimum atomic E-state index is -0.543. The van der Waals surface area contributed by atoms with E-state index in [0.717, 1.165) is 17.7 Å². The van der Waals surface area contributed by atoms with Gasteiger partial charge in [0.15, 0.2) is 5.82 Å². The summed E-state index contributed by atoms with van der Waals surface area (Å²) in [6.07, 6.45) is 4.84. The Morgan fingerprint density at radius 2 is 2.04 bits per heavy atom. The quantitative estimate of drug-likeness (QED) is 0.724. The zero-order chi connectivity index (χ0) is 16.8. The zero-order valence-corrected chi connectivity index (χ0v) is 13.3. The number of rotatable bonds is 6. The number of nitrogens with zero attached hydrogens (tertiary/aromatic N) is 4. The summed E-state index contributed by atoms with van der Waals surface area (Å²) in [5, 5.41) is 16.8. The van der Waals surface area contributed by atoms with Crippen LogP contribution in [0.25, 0.3) is 0 Å². The van der Waals surface area contributed by atoms with E-state index >= 15 is 0 Å². The van der Waals surface area contributed by atoms with Crippen molar-refractivity contribution in [2.24, 2.45) is 0 Å². The van der Waals surface area contributed by atoms with Crippen LogP contribution >= 0.6 is 0 Å². The van der Waals surface area contributed by atoms with Crippen LogP contribution < -0.4 is 5.32 Å². The lowest BCUT2D eigenvalue weighted by atomic mass is 9.98. The lowest BCUT2D eigenvalue weighted by Crippen LogP contribution is -2.24. The second-order valence-electron chi connectivity index (χ2n) is 5.43. The van der Waals surface area contributed by atoms with Gasteiger partial charge in [-0.05, 0) is 42.2 Å². The molecule has 0 saturated carbocycles. The number of hydrogen-bond donors (Lipinski definition) is 2. The highest BCUT2D eigenvalue weighted by molar-refractivity contribution is 5.95. The van der Waals surface area contributed by atoms with Crippen LogP contribution in [-0.4, -0.2) is 31.5 Å². The van der Waals surface area contributed by atoms with Crippen LogP contribution in [0.15, 0.2) is 48.8 Å². The first-order valence-electron chi connectivity index (χ1n) is 7.78. The molecule has 2 aromatic heterocycles. The van der Waals surface area contributed by atoms with Gasteiger partial charge in [-0.3, -0.25) is 9.78 Å². The Morgan fingerprint density at radius 3 is 2.67 bits per heavy atom. The Labute approximate surface area is 139 Å².